The summed E-state index contributed by atoms with van der Waals surface area (Å²) in [5.74, 6) is 1.27. The van der Waals surface area contributed by atoms with Gasteiger partial charge in [0, 0.05) is 24.2 Å². The first-order valence-corrected chi connectivity index (χ1v) is 8.50. The summed E-state index contributed by atoms with van der Waals surface area (Å²) in [6.45, 7) is 6.62. The number of aromatic nitrogens is 1. The Bertz CT molecular complexity index is 643. The van der Waals surface area contributed by atoms with Crippen molar-refractivity contribution in [1.82, 2.24) is 10.1 Å². The molecule has 0 saturated carbocycles. The van der Waals surface area contributed by atoms with Gasteiger partial charge in [0.05, 0.1) is 17.8 Å². The molecule has 0 spiro atoms. The maximum Gasteiger partial charge on any atom is 0.150 e. The lowest BCUT2D eigenvalue weighted by molar-refractivity contribution is -0.0292. The molecule has 1 aliphatic heterocycles. The number of benzene rings is 1. The van der Waals surface area contributed by atoms with Crippen molar-refractivity contribution in [3.05, 3.63) is 52.4 Å². The highest BCUT2D eigenvalue weighted by atomic mass is 35.5. The van der Waals surface area contributed by atoms with Gasteiger partial charge in [0.25, 0.3) is 0 Å². The summed E-state index contributed by atoms with van der Waals surface area (Å²) in [5, 5.41) is 15.7. The third-order valence-electron chi connectivity index (χ3n) is 4.61. The van der Waals surface area contributed by atoms with E-state index in [1.807, 2.05) is 30.3 Å². The van der Waals surface area contributed by atoms with E-state index >= 15 is 0 Å². The average Bonchev–Trinajstić information content (AvgIpc) is 2.99. The molecule has 1 saturated heterocycles. The van der Waals surface area contributed by atoms with Crippen LogP contribution in [0.4, 0.5) is 0 Å². The van der Waals surface area contributed by atoms with E-state index in [-0.39, 0.29) is 0 Å². The van der Waals surface area contributed by atoms with Crippen LogP contribution in [-0.4, -0.2) is 28.3 Å². The zero-order valence-electron chi connectivity index (χ0n) is 13.6. The Morgan fingerprint density at radius 3 is 2.48 bits per heavy atom. The van der Waals surface area contributed by atoms with E-state index in [0.717, 1.165) is 36.7 Å². The lowest BCUT2D eigenvalue weighted by Crippen LogP contribution is -2.42. The summed E-state index contributed by atoms with van der Waals surface area (Å²) in [7, 11) is 0. The summed E-state index contributed by atoms with van der Waals surface area (Å²) in [6, 6.07) is 9.55. The van der Waals surface area contributed by atoms with Gasteiger partial charge in [0.1, 0.15) is 0 Å². The Morgan fingerprint density at radius 2 is 1.91 bits per heavy atom. The average molecular weight is 335 g/mol. The largest absolute Gasteiger partial charge is 0.385 e. The van der Waals surface area contributed by atoms with Gasteiger partial charge in [-0.15, -0.1) is 0 Å². The Morgan fingerprint density at radius 1 is 1.26 bits per heavy atom. The number of aliphatic hydroxyl groups is 1. The third kappa shape index (κ3) is 3.77. The molecule has 1 aromatic carbocycles. The Kier molecular flexibility index (Phi) is 4.76. The number of hydrogen-bond donors (Lipinski definition) is 1. The van der Waals surface area contributed by atoms with Crippen molar-refractivity contribution >= 4 is 11.6 Å². The van der Waals surface area contributed by atoms with Crippen molar-refractivity contribution in [3.8, 4) is 0 Å². The molecule has 2 aromatic rings. The fourth-order valence-corrected chi connectivity index (χ4v) is 3.15. The molecule has 0 unspecified atom stereocenters. The fraction of sp³-hybridized carbons (Fsp3) is 0.500. The van der Waals surface area contributed by atoms with Crippen LogP contribution in [0.3, 0.4) is 0 Å². The molecule has 0 bridgehead atoms. The SMILES string of the molecule is CC(C)c1cc(CN2CCC(O)(c3ccc(Cl)cc3)CC2)on1. The number of nitrogens with zero attached hydrogens (tertiary/aromatic N) is 2. The number of piperidine rings is 1. The first-order chi connectivity index (χ1) is 11.0. The van der Waals surface area contributed by atoms with Gasteiger partial charge in [-0.2, -0.15) is 0 Å². The molecule has 23 heavy (non-hydrogen) atoms. The van der Waals surface area contributed by atoms with Gasteiger partial charge < -0.3 is 9.63 Å². The first kappa shape index (κ1) is 16.5. The topological polar surface area (TPSA) is 49.5 Å². The van der Waals surface area contributed by atoms with Crippen LogP contribution in [0.1, 0.15) is 49.6 Å². The van der Waals surface area contributed by atoms with Crippen molar-refractivity contribution in [1.29, 1.82) is 0 Å². The molecule has 3 rings (SSSR count). The predicted octanol–water partition coefficient (Wildman–Crippen LogP) is 3.94. The van der Waals surface area contributed by atoms with Crippen molar-refractivity contribution in [2.24, 2.45) is 0 Å². The minimum Gasteiger partial charge on any atom is -0.385 e. The number of halogens is 1. The molecule has 5 heteroatoms. The lowest BCUT2D eigenvalue weighted by atomic mass is 9.84. The van der Waals surface area contributed by atoms with E-state index in [1.165, 1.54) is 0 Å². The minimum absolute atomic E-state index is 0.379. The second-order valence-electron chi connectivity index (χ2n) is 6.69. The predicted molar refractivity (Wildman–Crippen MR) is 90.5 cm³/mol. The second kappa shape index (κ2) is 6.63. The highest BCUT2D eigenvalue weighted by Gasteiger charge is 2.34. The van der Waals surface area contributed by atoms with Crippen LogP contribution in [0, 0.1) is 0 Å². The van der Waals surface area contributed by atoms with Crippen LogP contribution in [0.15, 0.2) is 34.9 Å². The van der Waals surface area contributed by atoms with E-state index in [0.29, 0.717) is 23.8 Å². The molecular formula is C18H23ClN2O2. The fourth-order valence-electron chi connectivity index (χ4n) is 3.03. The maximum atomic E-state index is 10.9. The Balaban J connectivity index is 1.60. The molecule has 4 nitrogen and oxygen atoms in total. The van der Waals surface area contributed by atoms with Crippen LogP contribution >= 0.6 is 11.6 Å². The lowest BCUT2D eigenvalue weighted by Gasteiger charge is -2.38. The molecule has 1 aromatic heterocycles. The van der Waals surface area contributed by atoms with Crippen LogP contribution in [-0.2, 0) is 12.1 Å². The van der Waals surface area contributed by atoms with Crippen LogP contribution in [0.2, 0.25) is 5.02 Å². The van der Waals surface area contributed by atoms with Crippen molar-refractivity contribution < 1.29 is 9.63 Å². The second-order valence-corrected chi connectivity index (χ2v) is 7.12. The highest BCUT2D eigenvalue weighted by Crippen LogP contribution is 2.33. The molecule has 2 heterocycles. The van der Waals surface area contributed by atoms with Gasteiger partial charge >= 0.3 is 0 Å². The van der Waals surface area contributed by atoms with Crippen molar-refractivity contribution in [2.75, 3.05) is 13.1 Å². The molecule has 124 valence electrons. The summed E-state index contributed by atoms with van der Waals surface area (Å²) >= 11 is 5.93. The van der Waals surface area contributed by atoms with E-state index in [1.54, 1.807) is 0 Å². The van der Waals surface area contributed by atoms with Gasteiger partial charge in [0.2, 0.25) is 0 Å². The van der Waals surface area contributed by atoms with Gasteiger partial charge in [-0.25, -0.2) is 0 Å². The monoisotopic (exact) mass is 334 g/mol. The van der Waals surface area contributed by atoms with E-state index in [4.69, 9.17) is 16.1 Å². The van der Waals surface area contributed by atoms with Gasteiger partial charge in [-0.05, 0) is 36.5 Å². The number of likely N-dealkylation sites (tertiary alicyclic amines) is 1. The molecule has 0 aliphatic carbocycles. The molecule has 0 atom stereocenters. The molecule has 1 aliphatic rings. The Labute approximate surface area is 142 Å². The van der Waals surface area contributed by atoms with E-state index in [9.17, 15) is 5.11 Å². The third-order valence-corrected chi connectivity index (χ3v) is 4.86. The van der Waals surface area contributed by atoms with Crippen LogP contribution in [0.5, 0.6) is 0 Å². The van der Waals surface area contributed by atoms with Gasteiger partial charge in [-0.1, -0.05) is 42.7 Å². The van der Waals surface area contributed by atoms with Crippen LogP contribution in [0.25, 0.3) is 0 Å². The van der Waals surface area contributed by atoms with Gasteiger partial charge in [0.15, 0.2) is 5.76 Å². The zero-order valence-corrected chi connectivity index (χ0v) is 14.4. The number of hydrogen-bond acceptors (Lipinski definition) is 4. The highest BCUT2D eigenvalue weighted by molar-refractivity contribution is 6.30. The quantitative estimate of drug-likeness (QED) is 0.920. The standard InChI is InChI=1S/C18H23ClN2O2/c1-13(2)17-11-16(23-20-17)12-21-9-7-18(22,8-10-21)14-3-5-15(19)6-4-14/h3-6,11,13,22H,7-10,12H2,1-2H3. The van der Waals surface area contributed by atoms with Crippen molar-refractivity contribution in [2.45, 2.75) is 44.8 Å². The Hall–Kier alpha value is -1.36. The smallest absolute Gasteiger partial charge is 0.150 e. The van der Waals surface area contributed by atoms with E-state index < -0.39 is 5.60 Å². The molecule has 1 fully saturated rings. The summed E-state index contributed by atoms with van der Waals surface area (Å²) in [4.78, 5) is 2.30. The van der Waals surface area contributed by atoms with Crippen molar-refractivity contribution in [3.63, 3.8) is 0 Å². The zero-order chi connectivity index (χ0) is 16.4. The first-order valence-electron chi connectivity index (χ1n) is 8.12. The molecule has 0 radical (unpaired) electrons. The van der Waals surface area contributed by atoms with Gasteiger partial charge in [-0.3, -0.25) is 4.90 Å². The molecular weight excluding hydrogens is 312 g/mol. The number of rotatable bonds is 4. The normalized spacial score (nSPS) is 18.5. The molecule has 0 amide bonds. The van der Waals surface area contributed by atoms with E-state index in [2.05, 4.69) is 23.9 Å². The minimum atomic E-state index is -0.758. The summed E-state index contributed by atoms with van der Waals surface area (Å²) in [6.07, 6.45) is 1.42. The molecule has 1 N–H and O–H groups in total. The summed E-state index contributed by atoms with van der Waals surface area (Å²) in [5.41, 5.74) is 1.18. The van der Waals surface area contributed by atoms with Crippen LogP contribution < -0.4 is 0 Å². The maximum absolute atomic E-state index is 10.9. The summed E-state index contributed by atoms with van der Waals surface area (Å²) < 4.78 is 5.41.